The average Bonchev–Trinajstić information content (AvgIpc) is 2.40. The zero-order valence-corrected chi connectivity index (χ0v) is 11.5. The van der Waals surface area contributed by atoms with Crippen molar-refractivity contribution in [3.8, 4) is 0 Å². The first-order valence-corrected chi connectivity index (χ1v) is 6.43. The van der Waals surface area contributed by atoms with E-state index in [1.54, 1.807) is 24.5 Å². The van der Waals surface area contributed by atoms with Crippen molar-refractivity contribution in [2.24, 2.45) is 0 Å². The van der Waals surface area contributed by atoms with E-state index in [2.05, 4.69) is 26.2 Å². The molecule has 0 aliphatic carbocycles. The zero-order chi connectivity index (χ0) is 13.0. The molecule has 2 rings (SSSR count). The molecule has 92 valence electrons. The molecular formula is C14H13BrN2O. The number of aromatic nitrogens is 1. The van der Waals surface area contributed by atoms with Crippen molar-refractivity contribution >= 4 is 21.8 Å². The zero-order valence-electron chi connectivity index (χ0n) is 9.93. The quantitative estimate of drug-likeness (QED) is 0.945. The second-order valence-corrected chi connectivity index (χ2v) is 4.81. The smallest absolute Gasteiger partial charge is 0.251 e. The highest BCUT2D eigenvalue weighted by atomic mass is 79.9. The minimum atomic E-state index is -0.0966. The van der Waals surface area contributed by atoms with Crippen LogP contribution >= 0.6 is 15.9 Å². The Bertz CT molecular complexity index is 543. The number of rotatable bonds is 3. The topological polar surface area (TPSA) is 42.0 Å². The molecule has 1 unspecified atom stereocenters. The number of benzene rings is 1. The Morgan fingerprint density at radius 1 is 1.22 bits per heavy atom. The molecular weight excluding hydrogens is 292 g/mol. The van der Waals surface area contributed by atoms with E-state index in [1.165, 1.54) is 0 Å². The van der Waals surface area contributed by atoms with E-state index in [4.69, 9.17) is 0 Å². The molecule has 1 atom stereocenters. The van der Waals surface area contributed by atoms with Crippen LogP contribution in [0.3, 0.4) is 0 Å². The molecule has 3 nitrogen and oxygen atoms in total. The van der Waals surface area contributed by atoms with E-state index in [9.17, 15) is 4.79 Å². The van der Waals surface area contributed by atoms with E-state index in [0.29, 0.717) is 5.56 Å². The van der Waals surface area contributed by atoms with Crippen molar-refractivity contribution < 1.29 is 4.79 Å². The standard InChI is InChI=1S/C14H13BrN2O/c1-10(12-4-2-3-5-13(12)15)17-14(18)11-6-8-16-9-7-11/h2-10H,1H3,(H,17,18). The summed E-state index contributed by atoms with van der Waals surface area (Å²) in [7, 11) is 0. The van der Waals surface area contributed by atoms with Crippen molar-refractivity contribution in [1.82, 2.24) is 10.3 Å². The lowest BCUT2D eigenvalue weighted by atomic mass is 10.1. The monoisotopic (exact) mass is 304 g/mol. The Morgan fingerprint density at radius 3 is 2.56 bits per heavy atom. The molecule has 18 heavy (non-hydrogen) atoms. The maximum atomic E-state index is 12.0. The highest BCUT2D eigenvalue weighted by Crippen LogP contribution is 2.22. The van der Waals surface area contributed by atoms with Crippen LogP contribution in [0.2, 0.25) is 0 Å². The molecule has 0 bridgehead atoms. The summed E-state index contributed by atoms with van der Waals surface area (Å²) in [4.78, 5) is 15.9. The summed E-state index contributed by atoms with van der Waals surface area (Å²) < 4.78 is 0.993. The number of pyridine rings is 1. The SMILES string of the molecule is CC(NC(=O)c1ccncc1)c1ccccc1Br. The molecule has 0 saturated carbocycles. The molecule has 0 aliphatic heterocycles. The van der Waals surface area contributed by atoms with Gasteiger partial charge in [-0.25, -0.2) is 0 Å². The lowest BCUT2D eigenvalue weighted by molar-refractivity contribution is 0.0939. The normalized spacial score (nSPS) is 11.9. The molecule has 4 heteroatoms. The maximum Gasteiger partial charge on any atom is 0.251 e. The number of carbonyl (C=O) groups excluding carboxylic acids is 1. The van der Waals surface area contributed by atoms with Crippen LogP contribution in [0.5, 0.6) is 0 Å². The summed E-state index contributed by atoms with van der Waals surface area (Å²) >= 11 is 3.48. The van der Waals surface area contributed by atoms with Crippen LogP contribution in [0.4, 0.5) is 0 Å². The Hall–Kier alpha value is -1.68. The summed E-state index contributed by atoms with van der Waals surface area (Å²) in [6.45, 7) is 1.96. The summed E-state index contributed by atoms with van der Waals surface area (Å²) in [5.74, 6) is -0.0966. The minimum Gasteiger partial charge on any atom is -0.345 e. The summed E-state index contributed by atoms with van der Waals surface area (Å²) in [5, 5.41) is 2.96. The van der Waals surface area contributed by atoms with Crippen LogP contribution in [0, 0.1) is 0 Å². The van der Waals surface area contributed by atoms with E-state index in [-0.39, 0.29) is 11.9 Å². The summed E-state index contributed by atoms with van der Waals surface area (Å²) in [6.07, 6.45) is 3.22. The number of nitrogens with one attached hydrogen (secondary N) is 1. The molecule has 1 aromatic heterocycles. The molecule has 1 amide bonds. The molecule has 0 spiro atoms. The van der Waals surface area contributed by atoms with Crippen molar-refractivity contribution in [2.75, 3.05) is 0 Å². The van der Waals surface area contributed by atoms with E-state index >= 15 is 0 Å². The first-order valence-electron chi connectivity index (χ1n) is 5.64. The van der Waals surface area contributed by atoms with Crippen molar-refractivity contribution in [3.05, 3.63) is 64.4 Å². The third kappa shape index (κ3) is 2.96. The number of hydrogen-bond donors (Lipinski definition) is 1. The molecule has 1 aromatic carbocycles. The molecule has 0 radical (unpaired) electrons. The van der Waals surface area contributed by atoms with Crippen molar-refractivity contribution in [3.63, 3.8) is 0 Å². The Balaban J connectivity index is 2.11. The molecule has 0 aliphatic rings. The van der Waals surface area contributed by atoms with Gasteiger partial charge in [-0.2, -0.15) is 0 Å². The number of nitrogens with zero attached hydrogens (tertiary/aromatic N) is 1. The molecule has 1 heterocycles. The molecule has 0 fully saturated rings. The number of amides is 1. The predicted octanol–water partition coefficient (Wildman–Crippen LogP) is 3.34. The van der Waals surface area contributed by atoms with Crippen LogP contribution < -0.4 is 5.32 Å². The number of halogens is 1. The van der Waals surface area contributed by atoms with E-state index in [0.717, 1.165) is 10.0 Å². The summed E-state index contributed by atoms with van der Waals surface area (Å²) in [5.41, 5.74) is 1.67. The van der Waals surface area contributed by atoms with Crippen LogP contribution in [0.15, 0.2) is 53.3 Å². The van der Waals surface area contributed by atoms with Gasteiger partial charge in [0.1, 0.15) is 0 Å². The largest absolute Gasteiger partial charge is 0.345 e. The third-order valence-corrected chi connectivity index (χ3v) is 3.38. The number of hydrogen-bond acceptors (Lipinski definition) is 2. The van der Waals surface area contributed by atoms with E-state index < -0.39 is 0 Å². The first-order chi connectivity index (χ1) is 8.68. The van der Waals surface area contributed by atoms with Gasteiger partial charge in [0.15, 0.2) is 0 Å². The van der Waals surface area contributed by atoms with E-state index in [1.807, 2.05) is 31.2 Å². The second-order valence-electron chi connectivity index (χ2n) is 3.95. The Kier molecular flexibility index (Phi) is 4.10. The Labute approximate surface area is 114 Å². The highest BCUT2D eigenvalue weighted by molar-refractivity contribution is 9.10. The maximum absolute atomic E-state index is 12.0. The van der Waals surface area contributed by atoms with Gasteiger partial charge in [-0.1, -0.05) is 34.1 Å². The third-order valence-electron chi connectivity index (χ3n) is 2.66. The second kappa shape index (κ2) is 5.78. The summed E-state index contributed by atoms with van der Waals surface area (Å²) in [6, 6.07) is 11.2. The van der Waals surface area contributed by atoms with Gasteiger partial charge in [0, 0.05) is 22.4 Å². The van der Waals surface area contributed by atoms with Gasteiger partial charge in [-0.3, -0.25) is 9.78 Å². The Morgan fingerprint density at radius 2 is 1.89 bits per heavy atom. The van der Waals surface area contributed by atoms with Crippen LogP contribution in [-0.2, 0) is 0 Å². The minimum absolute atomic E-state index is 0.0544. The van der Waals surface area contributed by atoms with Crippen molar-refractivity contribution in [2.45, 2.75) is 13.0 Å². The van der Waals surface area contributed by atoms with Crippen LogP contribution in [0.1, 0.15) is 28.9 Å². The van der Waals surface area contributed by atoms with Gasteiger partial charge in [0.05, 0.1) is 6.04 Å². The fourth-order valence-electron chi connectivity index (χ4n) is 1.69. The number of carbonyl (C=O) groups is 1. The van der Waals surface area contributed by atoms with Crippen molar-refractivity contribution in [1.29, 1.82) is 0 Å². The van der Waals surface area contributed by atoms with Crippen LogP contribution in [-0.4, -0.2) is 10.9 Å². The lowest BCUT2D eigenvalue weighted by Crippen LogP contribution is -2.26. The predicted molar refractivity (Wildman–Crippen MR) is 74.3 cm³/mol. The molecule has 1 N–H and O–H groups in total. The van der Waals surface area contributed by atoms with Gasteiger partial charge in [-0.15, -0.1) is 0 Å². The van der Waals surface area contributed by atoms with Gasteiger partial charge in [-0.05, 0) is 30.7 Å². The fourth-order valence-corrected chi connectivity index (χ4v) is 2.32. The first kappa shape index (κ1) is 12.8. The van der Waals surface area contributed by atoms with Crippen LogP contribution in [0.25, 0.3) is 0 Å². The highest BCUT2D eigenvalue weighted by Gasteiger charge is 2.12. The van der Waals surface area contributed by atoms with Gasteiger partial charge >= 0.3 is 0 Å². The lowest BCUT2D eigenvalue weighted by Gasteiger charge is -2.15. The molecule has 0 saturated heterocycles. The van der Waals surface area contributed by atoms with Gasteiger partial charge < -0.3 is 5.32 Å². The average molecular weight is 305 g/mol. The van der Waals surface area contributed by atoms with Gasteiger partial charge in [0.2, 0.25) is 0 Å². The molecule has 2 aromatic rings. The fraction of sp³-hybridized carbons (Fsp3) is 0.143. The van der Waals surface area contributed by atoms with Gasteiger partial charge in [0.25, 0.3) is 5.91 Å².